The predicted molar refractivity (Wildman–Crippen MR) is 102 cm³/mol. The average Bonchev–Trinajstić information content (AvgIpc) is 2.72. The number of nitriles is 1. The number of nitrogens with zero attached hydrogens (tertiary/aromatic N) is 2. The van der Waals surface area contributed by atoms with Crippen LogP contribution in [0.1, 0.15) is 21.5 Å². The minimum absolute atomic E-state index is 0. The molecular weight excluding hydrogens is 343 g/mol. The van der Waals surface area contributed by atoms with Gasteiger partial charge in [-0.2, -0.15) is 17.7 Å². The molecule has 3 nitrogen and oxygen atoms in total. The van der Waals surface area contributed by atoms with Gasteiger partial charge in [-0.15, -0.1) is 12.1 Å². The van der Waals surface area contributed by atoms with Crippen LogP contribution in [0, 0.1) is 17.4 Å². The van der Waals surface area contributed by atoms with Crippen molar-refractivity contribution in [2.24, 2.45) is 0 Å². The molecule has 0 saturated heterocycles. The van der Waals surface area contributed by atoms with Crippen molar-refractivity contribution in [3.8, 4) is 6.07 Å². The monoisotopic (exact) mass is 362 g/mol. The fourth-order valence-electron chi connectivity index (χ4n) is 2.81. The molecule has 0 N–H and O–H groups in total. The van der Waals surface area contributed by atoms with Crippen LogP contribution in [0.3, 0.4) is 0 Å². The molecule has 3 rings (SSSR count). The van der Waals surface area contributed by atoms with E-state index in [-0.39, 0.29) is 35.5 Å². The Kier molecular flexibility index (Phi) is 8.16. The van der Waals surface area contributed by atoms with E-state index in [1.807, 2.05) is 78.9 Å². The average molecular weight is 362 g/mol. The summed E-state index contributed by atoms with van der Waals surface area (Å²) in [5, 5.41) is 9.76. The van der Waals surface area contributed by atoms with Gasteiger partial charge in [0.25, 0.3) is 0 Å². The summed E-state index contributed by atoms with van der Waals surface area (Å²) in [6, 6.07) is 31.0. The number of hydrogen-bond donors (Lipinski definition) is 0. The Balaban J connectivity index is 0.00000261. The van der Waals surface area contributed by atoms with Crippen LogP contribution in [0.4, 0.5) is 0 Å². The summed E-state index contributed by atoms with van der Waals surface area (Å²) in [6.07, 6.45) is 0.678. The molecule has 27 heavy (non-hydrogen) atoms. The molecule has 4 heteroatoms. The first-order chi connectivity index (χ1) is 12.8. The Bertz CT molecular complexity index is 877. The van der Waals surface area contributed by atoms with Crippen LogP contribution in [0.5, 0.6) is 0 Å². The van der Waals surface area contributed by atoms with E-state index >= 15 is 0 Å². The Morgan fingerprint density at radius 1 is 0.852 bits per heavy atom. The van der Waals surface area contributed by atoms with Crippen molar-refractivity contribution in [2.45, 2.75) is 6.42 Å². The van der Waals surface area contributed by atoms with Crippen molar-refractivity contribution < 1.29 is 34.4 Å². The molecular formula is C23H19N2NaO. The van der Waals surface area contributed by atoms with E-state index in [0.29, 0.717) is 24.6 Å². The zero-order chi connectivity index (χ0) is 18.2. The van der Waals surface area contributed by atoms with Gasteiger partial charge in [-0.05, 0) is 24.1 Å². The topological polar surface area (TPSA) is 44.1 Å². The minimum atomic E-state index is -0.165. The molecule has 0 aromatic heterocycles. The van der Waals surface area contributed by atoms with E-state index in [4.69, 9.17) is 0 Å². The summed E-state index contributed by atoms with van der Waals surface area (Å²) in [4.78, 5) is 14.7. The summed E-state index contributed by atoms with van der Waals surface area (Å²) >= 11 is 0. The van der Waals surface area contributed by atoms with Gasteiger partial charge >= 0.3 is 29.6 Å². The molecule has 0 heterocycles. The summed E-state index contributed by atoms with van der Waals surface area (Å²) < 4.78 is 0. The zero-order valence-electron chi connectivity index (χ0n) is 15.4. The third kappa shape index (κ3) is 5.48. The van der Waals surface area contributed by atoms with E-state index in [0.717, 1.165) is 11.1 Å². The molecule has 0 aliphatic carbocycles. The van der Waals surface area contributed by atoms with Gasteiger partial charge in [-0.1, -0.05) is 54.6 Å². The van der Waals surface area contributed by atoms with Gasteiger partial charge in [0.2, 0.25) is 5.91 Å². The minimum Gasteiger partial charge on any atom is -0.352 e. The molecule has 3 aromatic carbocycles. The smallest absolute Gasteiger partial charge is 0.352 e. The second-order valence-corrected chi connectivity index (χ2v) is 5.88. The quantitative estimate of drug-likeness (QED) is 0.493. The summed E-state index contributed by atoms with van der Waals surface area (Å²) in [5.41, 5.74) is 2.44. The van der Waals surface area contributed by atoms with Gasteiger partial charge in [-0.3, -0.25) is 4.79 Å². The van der Waals surface area contributed by atoms with Crippen molar-refractivity contribution in [2.75, 3.05) is 6.54 Å². The summed E-state index contributed by atoms with van der Waals surface area (Å²) in [5.74, 6) is -0.165. The number of carbonyl (C=O) groups is 1. The molecule has 1 amide bonds. The Hall–Kier alpha value is -2.51. The van der Waals surface area contributed by atoms with E-state index in [2.05, 4.69) is 6.07 Å². The van der Waals surface area contributed by atoms with Crippen molar-refractivity contribution in [3.63, 3.8) is 0 Å². The van der Waals surface area contributed by atoms with Crippen molar-refractivity contribution in [1.29, 1.82) is 5.26 Å². The first kappa shape index (κ1) is 20.8. The first-order valence-corrected chi connectivity index (χ1v) is 8.53. The number of hydrogen-bond acceptors (Lipinski definition) is 2. The number of rotatable bonds is 6. The van der Waals surface area contributed by atoms with E-state index in [9.17, 15) is 10.1 Å². The number of amides is 1. The predicted octanol–water partition coefficient (Wildman–Crippen LogP) is 1.48. The molecule has 0 unspecified atom stereocenters. The van der Waals surface area contributed by atoms with Gasteiger partial charge in [0, 0.05) is 24.2 Å². The van der Waals surface area contributed by atoms with Gasteiger partial charge in [0.05, 0.1) is 0 Å². The van der Waals surface area contributed by atoms with E-state index < -0.39 is 0 Å². The second kappa shape index (κ2) is 10.6. The third-order valence-corrected chi connectivity index (χ3v) is 4.16. The molecule has 0 radical (unpaired) electrons. The normalized spacial score (nSPS) is 9.59. The van der Waals surface area contributed by atoms with Crippen molar-refractivity contribution in [1.82, 2.24) is 4.90 Å². The van der Waals surface area contributed by atoms with Gasteiger partial charge in [0.1, 0.15) is 0 Å². The van der Waals surface area contributed by atoms with Gasteiger partial charge in [0.15, 0.2) is 0 Å². The third-order valence-electron chi connectivity index (χ3n) is 4.16. The molecule has 0 bridgehead atoms. The number of carbonyl (C=O) groups excluding carboxylic acids is 1. The Morgan fingerprint density at radius 2 is 1.37 bits per heavy atom. The summed E-state index contributed by atoms with van der Waals surface area (Å²) in [7, 11) is 0. The second-order valence-electron chi connectivity index (χ2n) is 5.88. The van der Waals surface area contributed by atoms with Gasteiger partial charge < -0.3 is 4.90 Å². The molecule has 0 fully saturated rings. The Labute approximate surface area is 182 Å². The maximum Gasteiger partial charge on any atom is 1.00 e. The van der Waals surface area contributed by atoms with Crippen LogP contribution in [0.25, 0.3) is 0 Å². The maximum atomic E-state index is 13.1. The molecule has 0 spiro atoms. The molecule has 0 aliphatic rings. The van der Waals surface area contributed by atoms with Crippen molar-refractivity contribution >= 4 is 5.91 Å². The number of benzene rings is 3. The fourth-order valence-corrected chi connectivity index (χ4v) is 2.81. The molecule has 3 aromatic rings. The Morgan fingerprint density at radius 3 is 1.93 bits per heavy atom. The van der Waals surface area contributed by atoms with E-state index in [1.54, 1.807) is 17.0 Å². The van der Waals surface area contributed by atoms with Crippen LogP contribution in [-0.2, 0) is 6.42 Å². The SMILES string of the molecule is N#C[C-](c1ccccc1)N(CCc1ccccc1)C(=O)c1ccccc1.[Na+]. The van der Waals surface area contributed by atoms with Crippen molar-refractivity contribution in [3.05, 3.63) is 114 Å². The largest absolute Gasteiger partial charge is 1.00 e. The summed E-state index contributed by atoms with van der Waals surface area (Å²) in [6.45, 7) is 0.440. The van der Waals surface area contributed by atoms with Crippen LogP contribution >= 0.6 is 0 Å². The molecule has 0 aliphatic heterocycles. The van der Waals surface area contributed by atoms with Crippen LogP contribution < -0.4 is 29.6 Å². The maximum absolute atomic E-state index is 13.1. The first-order valence-electron chi connectivity index (χ1n) is 8.53. The van der Waals surface area contributed by atoms with Gasteiger partial charge in [-0.25, -0.2) is 5.26 Å². The zero-order valence-corrected chi connectivity index (χ0v) is 17.4. The van der Waals surface area contributed by atoms with E-state index in [1.165, 1.54) is 0 Å². The fraction of sp³-hybridized carbons (Fsp3) is 0.0870. The van der Waals surface area contributed by atoms with Crippen LogP contribution in [0.15, 0.2) is 91.0 Å². The van der Waals surface area contributed by atoms with Crippen LogP contribution in [0.2, 0.25) is 0 Å². The standard InChI is InChI=1S/C23H19N2O.Na/c24-18-22(20-12-6-2-7-13-20)25(17-16-19-10-4-1-5-11-19)23(26)21-14-8-3-9-15-21;/h1-15H,16-17H2;/q-1;+1. The van der Waals surface area contributed by atoms with Crippen LogP contribution in [-0.4, -0.2) is 17.4 Å². The molecule has 128 valence electrons. The molecule has 0 atom stereocenters. The molecule has 0 saturated carbocycles.